The van der Waals surface area contributed by atoms with Crippen molar-refractivity contribution in [1.82, 2.24) is 4.90 Å². The molecule has 0 unspecified atom stereocenters. The molecular weight excluding hydrogens is 198 g/mol. The molecule has 0 saturated carbocycles. The summed E-state index contributed by atoms with van der Waals surface area (Å²) in [5, 5.41) is 8.70. The molecule has 1 rings (SSSR count). The zero-order valence-corrected chi connectivity index (χ0v) is 9.52. The van der Waals surface area contributed by atoms with Crippen LogP contribution in [0, 0.1) is 13.8 Å². The summed E-state index contributed by atoms with van der Waals surface area (Å²) in [7, 11) is 1.70. The molecule has 0 saturated heterocycles. The third kappa shape index (κ3) is 2.33. The monoisotopic (exact) mass is 213 g/mol. The molecule has 78 valence electrons. The smallest absolute Gasteiger partial charge is 0.263 e. The molecule has 0 aromatic carbocycles. The highest BCUT2D eigenvalue weighted by Crippen LogP contribution is 2.21. The van der Waals surface area contributed by atoms with E-state index in [9.17, 15) is 4.79 Å². The quantitative estimate of drug-likeness (QED) is 0.825. The largest absolute Gasteiger partial charge is 0.395 e. The van der Waals surface area contributed by atoms with E-state index in [0.717, 1.165) is 10.4 Å². The molecule has 3 nitrogen and oxygen atoms in total. The molecule has 1 aromatic rings. The topological polar surface area (TPSA) is 40.5 Å². The van der Waals surface area contributed by atoms with Gasteiger partial charge in [0.05, 0.1) is 11.5 Å². The predicted molar refractivity (Wildman–Crippen MR) is 57.8 cm³/mol. The minimum absolute atomic E-state index is 0.00554. The van der Waals surface area contributed by atoms with Crippen molar-refractivity contribution < 1.29 is 9.90 Å². The van der Waals surface area contributed by atoms with E-state index >= 15 is 0 Å². The van der Waals surface area contributed by atoms with Crippen molar-refractivity contribution in [1.29, 1.82) is 0 Å². The third-order valence-electron chi connectivity index (χ3n) is 2.16. The Labute approximate surface area is 88.0 Å². The Balaban J connectivity index is 2.79. The number of likely N-dealkylation sites (N-methyl/N-ethyl adjacent to an activating group) is 1. The first-order valence-electron chi connectivity index (χ1n) is 4.49. The molecule has 1 amide bonds. The summed E-state index contributed by atoms with van der Waals surface area (Å²) in [4.78, 5) is 15.2. The summed E-state index contributed by atoms with van der Waals surface area (Å²) < 4.78 is 0. The molecule has 0 atom stereocenters. The normalized spacial score (nSPS) is 10.3. The highest BCUT2D eigenvalue weighted by Gasteiger charge is 2.14. The molecule has 0 aliphatic carbocycles. The van der Waals surface area contributed by atoms with E-state index < -0.39 is 0 Å². The molecule has 1 heterocycles. The van der Waals surface area contributed by atoms with Gasteiger partial charge in [-0.1, -0.05) is 0 Å². The van der Waals surface area contributed by atoms with Gasteiger partial charge in [0.25, 0.3) is 5.91 Å². The maximum absolute atomic E-state index is 11.7. The number of carbonyl (C=O) groups excluding carboxylic acids is 1. The van der Waals surface area contributed by atoms with Crippen LogP contribution in [0.1, 0.15) is 20.1 Å². The Morgan fingerprint density at radius 2 is 2.21 bits per heavy atom. The Morgan fingerprint density at radius 3 is 2.64 bits per heavy atom. The van der Waals surface area contributed by atoms with Crippen molar-refractivity contribution in [3.05, 3.63) is 21.4 Å². The lowest BCUT2D eigenvalue weighted by atomic mass is 10.3. The summed E-state index contributed by atoms with van der Waals surface area (Å²) >= 11 is 1.50. The van der Waals surface area contributed by atoms with E-state index in [4.69, 9.17) is 5.11 Å². The Bertz CT molecular complexity index is 313. The van der Waals surface area contributed by atoms with Crippen LogP contribution in [0.2, 0.25) is 0 Å². The van der Waals surface area contributed by atoms with E-state index in [1.807, 2.05) is 19.9 Å². The maximum Gasteiger partial charge on any atom is 0.263 e. The summed E-state index contributed by atoms with van der Waals surface area (Å²) in [6.45, 7) is 4.39. The molecule has 0 spiro atoms. The molecular formula is C10H15NO2S. The van der Waals surface area contributed by atoms with Crippen molar-refractivity contribution in [3.63, 3.8) is 0 Å². The highest BCUT2D eigenvalue weighted by molar-refractivity contribution is 7.14. The summed E-state index contributed by atoms with van der Waals surface area (Å²) in [5.41, 5.74) is 1.15. The van der Waals surface area contributed by atoms with E-state index in [1.54, 1.807) is 7.05 Å². The molecule has 4 heteroatoms. The number of amides is 1. The Hall–Kier alpha value is -0.870. The first kappa shape index (κ1) is 11.2. The van der Waals surface area contributed by atoms with Crippen LogP contribution in [0.3, 0.4) is 0 Å². The molecule has 1 aromatic heterocycles. The van der Waals surface area contributed by atoms with Crippen LogP contribution in [0.25, 0.3) is 0 Å². The van der Waals surface area contributed by atoms with Crippen LogP contribution < -0.4 is 0 Å². The molecule has 1 N–H and O–H groups in total. The van der Waals surface area contributed by atoms with Gasteiger partial charge >= 0.3 is 0 Å². The van der Waals surface area contributed by atoms with E-state index in [2.05, 4.69) is 0 Å². The fraction of sp³-hybridized carbons (Fsp3) is 0.500. The first-order chi connectivity index (χ1) is 6.56. The molecule has 0 aliphatic rings. The number of aliphatic hydroxyl groups excluding tert-OH is 1. The second kappa shape index (κ2) is 4.57. The van der Waals surface area contributed by atoms with Gasteiger partial charge in [0.15, 0.2) is 0 Å². The zero-order chi connectivity index (χ0) is 10.7. The standard InChI is InChI=1S/C10H15NO2S/c1-7-6-9(14-8(7)2)10(13)11(3)4-5-12/h6,12H,4-5H2,1-3H3. The van der Waals surface area contributed by atoms with Crippen molar-refractivity contribution in [2.24, 2.45) is 0 Å². The lowest BCUT2D eigenvalue weighted by Gasteiger charge is -2.13. The van der Waals surface area contributed by atoms with Gasteiger partial charge in [0.2, 0.25) is 0 Å². The van der Waals surface area contributed by atoms with Gasteiger partial charge < -0.3 is 10.0 Å². The average Bonchev–Trinajstić information content (AvgIpc) is 2.46. The molecule has 0 aliphatic heterocycles. The number of hydrogen-bond donors (Lipinski definition) is 1. The molecule has 0 bridgehead atoms. The van der Waals surface area contributed by atoms with Crippen LogP contribution in [-0.4, -0.2) is 36.1 Å². The minimum Gasteiger partial charge on any atom is -0.395 e. The van der Waals surface area contributed by atoms with Crippen LogP contribution >= 0.6 is 11.3 Å². The summed E-state index contributed by atoms with van der Waals surface area (Å²) in [5.74, 6) is -0.0137. The number of aryl methyl sites for hydroxylation is 2. The Kier molecular flexibility index (Phi) is 3.66. The fourth-order valence-electron chi connectivity index (χ4n) is 1.12. The van der Waals surface area contributed by atoms with Crippen molar-refractivity contribution in [2.75, 3.05) is 20.2 Å². The van der Waals surface area contributed by atoms with E-state index in [-0.39, 0.29) is 12.5 Å². The van der Waals surface area contributed by atoms with Gasteiger partial charge in [-0.15, -0.1) is 11.3 Å². The second-order valence-corrected chi connectivity index (χ2v) is 4.56. The Morgan fingerprint density at radius 1 is 1.57 bits per heavy atom. The van der Waals surface area contributed by atoms with Crippen molar-refractivity contribution in [3.8, 4) is 0 Å². The zero-order valence-electron chi connectivity index (χ0n) is 8.70. The number of thiophene rings is 1. The maximum atomic E-state index is 11.7. The number of rotatable bonds is 3. The average molecular weight is 213 g/mol. The number of hydrogen-bond acceptors (Lipinski definition) is 3. The van der Waals surface area contributed by atoms with Gasteiger partial charge in [-0.3, -0.25) is 4.79 Å². The number of aliphatic hydroxyl groups is 1. The first-order valence-corrected chi connectivity index (χ1v) is 5.31. The van der Waals surface area contributed by atoms with Gasteiger partial charge in [-0.05, 0) is 25.5 Å². The fourth-order valence-corrected chi connectivity index (χ4v) is 2.15. The molecule has 0 radical (unpaired) electrons. The van der Waals surface area contributed by atoms with Crippen molar-refractivity contribution in [2.45, 2.75) is 13.8 Å². The summed E-state index contributed by atoms with van der Waals surface area (Å²) in [6, 6.07) is 1.90. The van der Waals surface area contributed by atoms with Crippen LogP contribution in [-0.2, 0) is 0 Å². The van der Waals surface area contributed by atoms with Crippen LogP contribution in [0.15, 0.2) is 6.07 Å². The summed E-state index contributed by atoms with van der Waals surface area (Å²) in [6.07, 6.45) is 0. The van der Waals surface area contributed by atoms with Gasteiger partial charge in [-0.25, -0.2) is 0 Å². The van der Waals surface area contributed by atoms with Gasteiger partial charge in [0.1, 0.15) is 0 Å². The second-order valence-electron chi connectivity index (χ2n) is 3.30. The lowest BCUT2D eigenvalue weighted by molar-refractivity contribution is 0.0771. The molecule has 14 heavy (non-hydrogen) atoms. The van der Waals surface area contributed by atoms with E-state index in [0.29, 0.717) is 6.54 Å². The number of carbonyl (C=O) groups is 1. The van der Waals surface area contributed by atoms with E-state index in [1.165, 1.54) is 21.1 Å². The third-order valence-corrected chi connectivity index (χ3v) is 3.30. The minimum atomic E-state index is -0.0137. The van der Waals surface area contributed by atoms with Gasteiger partial charge in [0, 0.05) is 18.5 Å². The predicted octanol–water partition coefficient (Wildman–Crippen LogP) is 1.43. The van der Waals surface area contributed by atoms with Gasteiger partial charge in [-0.2, -0.15) is 0 Å². The van der Waals surface area contributed by atoms with Crippen LogP contribution in [0.4, 0.5) is 0 Å². The van der Waals surface area contributed by atoms with Crippen molar-refractivity contribution >= 4 is 17.2 Å². The van der Waals surface area contributed by atoms with Crippen LogP contribution in [0.5, 0.6) is 0 Å². The SMILES string of the molecule is Cc1cc(C(=O)N(C)CCO)sc1C. The molecule has 0 fully saturated rings. The lowest BCUT2D eigenvalue weighted by Crippen LogP contribution is -2.28. The highest BCUT2D eigenvalue weighted by atomic mass is 32.1. The number of nitrogens with zero attached hydrogens (tertiary/aromatic N) is 1.